The first-order valence-corrected chi connectivity index (χ1v) is 6.00. The molecule has 0 aliphatic heterocycles. The zero-order valence-corrected chi connectivity index (χ0v) is 10.7. The summed E-state index contributed by atoms with van der Waals surface area (Å²) in [5.41, 5.74) is 1.21. The fourth-order valence-electron chi connectivity index (χ4n) is 1.57. The number of nitrogens with one attached hydrogen (secondary N) is 1. The van der Waals surface area contributed by atoms with Crippen molar-refractivity contribution in [3.63, 3.8) is 0 Å². The van der Waals surface area contributed by atoms with E-state index in [0.717, 1.165) is 12.3 Å². The van der Waals surface area contributed by atoms with Crippen LogP contribution in [0.25, 0.3) is 0 Å². The summed E-state index contributed by atoms with van der Waals surface area (Å²) in [6.07, 6.45) is 0.742. The molecule has 0 radical (unpaired) electrons. The Morgan fingerprint density at radius 2 is 1.88 bits per heavy atom. The van der Waals surface area contributed by atoms with E-state index in [9.17, 15) is 0 Å². The molecular weight excluding hydrogens is 212 g/mol. The summed E-state index contributed by atoms with van der Waals surface area (Å²) in [4.78, 5) is 0. The molecule has 0 saturated carbocycles. The van der Waals surface area contributed by atoms with E-state index >= 15 is 0 Å². The minimum atomic E-state index is 0.201. The van der Waals surface area contributed by atoms with Crippen LogP contribution in [-0.4, -0.2) is 12.6 Å². The van der Waals surface area contributed by atoms with Crippen LogP contribution in [0.4, 0.5) is 0 Å². The van der Waals surface area contributed by atoms with Crippen molar-refractivity contribution >= 4 is 0 Å². The Morgan fingerprint density at radius 1 is 1.24 bits per heavy atom. The highest BCUT2D eigenvalue weighted by Crippen LogP contribution is 2.18. The molecule has 0 bridgehead atoms. The molecule has 3 nitrogen and oxygen atoms in total. The van der Waals surface area contributed by atoms with Crippen molar-refractivity contribution in [1.29, 1.82) is 5.26 Å². The van der Waals surface area contributed by atoms with Gasteiger partial charge in [-0.2, -0.15) is 5.26 Å². The second-order valence-corrected chi connectivity index (χ2v) is 4.32. The number of ether oxygens (including phenoxy) is 1. The largest absolute Gasteiger partial charge is 0.491 e. The summed E-state index contributed by atoms with van der Waals surface area (Å²) in [7, 11) is 0. The van der Waals surface area contributed by atoms with Crippen LogP contribution < -0.4 is 10.1 Å². The monoisotopic (exact) mass is 232 g/mol. The molecule has 1 N–H and O–H groups in total. The Kier molecular flexibility index (Phi) is 5.51. The van der Waals surface area contributed by atoms with Crippen molar-refractivity contribution in [2.24, 2.45) is 0 Å². The minimum Gasteiger partial charge on any atom is -0.491 e. The molecule has 1 unspecified atom stereocenters. The van der Waals surface area contributed by atoms with Gasteiger partial charge in [-0.1, -0.05) is 12.1 Å². The normalized spacial score (nSPS) is 12.2. The maximum absolute atomic E-state index is 8.46. The Hall–Kier alpha value is -1.53. The maximum Gasteiger partial charge on any atom is 0.119 e. The third-order valence-corrected chi connectivity index (χ3v) is 2.44. The predicted octanol–water partition coefficient (Wildman–Crippen LogP) is 3.04. The van der Waals surface area contributed by atoms with Crippen molar-refractivity contribution in [2.45, 2.75) is 39.3 Å². The number of nitriles is 1. The zero-order valence-electron chi connectivity index (χ0n) is 10.7. The smallest absolute Gasteiger partial charge is 0.119 e. The van der Waals surface area contributed by atoms with Crippen LogP contribution >= 0.6 is 0 Å². The molecule has 0 aliphatic carbocycles. The highest BCUT2D eigenvalue weighted by atomic mass is 16.5. The lowest BCUT2D eigenvalue weighted by Crippen LogP contribution is -2.19. The van der Waals surface area contributed by atoms with E-state index in [0.29, 0.717) is 6.42 Å². The van der Waals surface area contributed by atoms with Crippen LogP contribution in [0.2, 0.25) is 0 Å². The van der Waals surface area contributed by atoms with E-state index in [-0.39, 0.29) is 12.1 Å². The summed E-state index contributed by atoms with van der Waals surface area (Å²) in [5, 5.41) is 11.8. The van der Waals surface area contributed by atoms with E-state index in [4.69, 9.17) is 10.00 Å². The molecule has 3 heteroatoms. The standard InChI is InChI=1S/C14H20N2O/c1-11(2)17-14-7-5-13(6-8-14)12(3)16-10-4-9-15/h5-8,11-12,16H,4,10H2,1-3H3. The van der Waals surface area contributed by atoms with Gasteiger partial charge in [0.2, 0.25) is 0 Å². The van der Waals surface area contributed by atoms with Gasteiger partial charge in [0.25, 0.3) is 0 Å². The lowest BCUT2D eigenvalue weighted by molar-refractivity contribution is 0.242. The lowest BCUT2D eigenvalue weighted by Gasteiger charge is -2.14. The molecule has 0 spiro atoms. The predicted molar refractivity (Wildman–Crippen MR) is 68.9 cm³/mol. The summed E-state index contributed by atoms with van der Waals surface area (Å²) in [6, 6.07) is 10.5. The zero-order chi connectivity index (χ0) is 12.7. The third-order valence-electron chi connectivity index (χ3n) is 2.44. The van der Waals surface area contributed by atoms with Gasteiger partial charge in [0, 0.05) is 19.0 Å². The van der Waals surface area contributed by atoms with E-state index < -0.39 is 0 Å². The fourth-order valence-corrected chi connectivity index (χ4v) is 1.57. The van der Waals surface area contributed by atoms with E-state index in [2.05, 4.69) is 30.4 Å². The average Bonchev–Trinajstić information content (AvgIpc) is 2.29. The lowest BCUT2D eigenvalue weighted by atomic mass is 10.1. The van der Waals surface area contributed by atoms with Gasteiger partial charge >= 0.3 is 0 Å². The molecule has 1 aromatic carbocycles. The van der Waals surface area contributed by atoms with E-state index in [1.54, 1.807) is 0 Å². The first-order chi connectivity index (χ1) is 8.13. The second-order valence-electron chi connectivity index (χ2n) is 4.32. The number of benzene rings is 1. The van der Waals surface area contributed by atoms with Gasteiger partial charge in [-0.15, -0.1) is 0 Å². The Bertz CT molecular complexity index is 365. The average molecular weight is 232 g/mol. The topological polar surface area (TPSA) is 45.0 Å². The number of nitrogens with zero attached hydrogens (tertiary/aromatic N) is 1. The molecule has 0 aromatic heterocycles. The van der Waals surface area contributed by atoms with Crippen molar-refractivity contribution in [1.82, 2.24) is 5.32 Å². The van der Waals surface area contributed by atoms with Gasteiger partial charge < -0.3 is 10.1 Å². The van der Waals surface area contributed by atoms with Crippen LogP contribution in [0.3, 0.4) is 0 Å². The van der Waals surface area contributed by atoms with Gasteiger partial charge in [0.15, 0.2) is 0 Å². The highest BCUT2D eigenvalue weighted by Gasteiger charge is 2.04. The van der Waals surface area contributed by atoms with Crippen molar-refractivity contribution in [3.05, 3.63) is 29.8 Å². The van der Waals surface area contributed by atoms with Gasteiger partial charge in [-0.05, 0) is 38.5 Å². The summed E-state index contributed by atoms with van der Waals surface area (Å²) in [5.74, 6) is 0.896. The molecule has 0 aliphatic rings. The van der Waals surface area contributed by atoms with Gasteiger partial charge in [0.1, 0.15) is 5.75 Å². The molecule has 17 heavy (non-hydrogen) atoms. The second kappa shape index (κ2) is 6.93. The van der Waals surface area contributed by atoms with Gasteiger partial charge in [0.05, 0.1) is 12.2 Å². The summed E-state index contributed by atoms with van der Waals surface area (Å²) >= 11 is 0. The third kappa shape index (κ3) is 4.88. The molecule has 0 amide bonds. The van der Waals surface area contributed by atoms with Crippen LogP contribution in [0.1, 0.15) is 38.8 Å². The minimum absolute atomic E-state index is 0.201. The summed E-state index contributed by atoms with van der Waals surface area (Å²) in [6.45, 7) is 6.84. The van der Waals surface area contributed by atoms with E-state index in [1.165, 1.54) is 5.56 Å². The molecule has 1 aromatic rings. The molecular formula is C14H20N2O. The molecule has 1 rings (SSSR count). The van der Waals surface area contributed by atoms with Crippen LogP contribution in [0, 0.1) is 11.3 Å². The first kappa shape index (κ1) is 13.5. The Balaban J connectivity index is 2.52. The number of hydrogen-bond acceptors (Lipinski definition) is 3. The summed E-state index contributed by atoms with van der Waals surface area (Å²) < 4.78 is 5.58. The molecule has 1 atom stereocenters. The van der Waals surface area contributed by atoms with Crippen molar-refractivity contribution in [2.75, 3.05) is 6.54 Å². The first-order valence-electron chi connectivity index (χ1n) is 6.00. The van der Waals surface area contributed by atoms with Crippen LogP contribution in [0.15, 0.2) is 24.3 Å². The van der Waals surface area contributed by atoms with Crippen molar-refractivity contribution < 1.29 is 4.74 Å². The van der Waals surface area contributed by atoms with Crippen LogP contribution in [-0.2, 0) is 0 Å². The SMILES string of the molecule is CC(C)Oc1ccc(C(C)NCCC#N)cc1. The molecule has 0 heterocycles. The molecule has 0 saturated heterocycles. The maximum atomic E-state index is 8.46. The Labute approximate surface area is 103 Å². The van der Waals surface area contributed by atoms with Crippen LogP contribution in [0.5, 0.6) is 5.75 Å². The Morgan fingerprint density at radius 3 is 2.41 bits per heavy atom. The molecule has 92 valence electrons. The molecule has 0 fully saturated rings. The highest BCUT2D eigenvalue weighted by molar-refractivity contribution is 5.29. The van der Waals surface area contributed by atoms with E-state index in [1.807, 2.05) is 26.0 Å². The van der Waals surface area contributed by atoms with Gasteiger partial charge in [-0.3, -0.25) is 0 Å². The number of hydrogen-bond donors (Lipinski definition) is 1. The fraction of sp³-hybridized carbons (Fsp3) is 0.500. The van der Waals surface area contributed by atoms with Gasteiger partial charge in [-0.25, -0.2) is 0 Å². The quantitative estimate of drug-likeness (QED) is 0.767. The number of rotatable bonds is 6. The van der Waals surface area contributed by atoms with Crippen molar-refractivity contribution in [3.8, 4) is 11.8 Å².